The van der Waals surface area contributed by atoms with Gasteiger partial charge in [-0.05, 0) is 25.2 Å². The number of likely N-dealkylation sites (N-methyl/N-ethyl adjacent to an activating group) is 1. The van der Waals surface area contributed by atoms with Crippen LogP contribution in [0.25, 0.3) is 0 Å². The number of amides is 1. The third-order valence-corrected chi connectivity index (χ3v) is 6.83. The Labute approximate surface area is 186 Å². The second-order valence-corrected chi connectivity index (χ2v) is 8.69. The average Bonchev–Trinajstić information content (AvgIpc) is 3.13. The molecule has 8 heteroatoms. The van der Waals surface area contributed by atoms with E-state index in [9.17, 15) is 9.59 Å². The smallest absolute Gasteiger partial charge is 0.246 e. The molecule has 0 unspecified atom stereocenters. The molecular weight excluding hydrogens is 420 g/mol. The number of hydrogen-bond donors (Lipinski definition) is 0. The fourth-order valence-corrected chi connectivity index (χ4v) is 4.38. The number of rotatable bonds is 5. The van der Waals surface area contributed by atoms with Crippen molar-refractivity contribution < 1.29 is 9.59 Å². The van der Waals surface area contributed by atoms with E-state index in [4.69, 9.17) is 11.6 Å². The summed E-state index contributed by atoms with van der Waals surface area (Å²) in [5.74, 6) is 1.92. The normalized spacial score (nSPS) is 14.6. The lowest BCUT2D eigenvalue weighted by atomic mass is 10.2. The van der Waals surface area contributed by atoms with E-state index in [1.165, 1.54) is 17.4 Å². The Morgan fingerprint density at radius 3 is 2.73 bits per heavy atom. The molecule has 30 heavy (non-hydrogen) atoms. The van der Waals surface area contributed by atoms with Crippen molar-refractivity contribution in [3.05, 3.63) is 58.7 Å². The van der Waals surface area contributed by atoms with Crippen molar-refractivity contribution in [2.24, 2.45) is 0 Å². The topological polar surface area (TPSA) is 58.4 Å². The standard InChI is InChI=1S/C15H22N4O2.C7H5ClS/c1-4-17(3)7-5-6-15(21)18-8-9-19-13(12(2)20)10-16-14(19)11-18;8-6-3-1-2-5-4-9-7(5)6/h5-6,10H,4,7-9,11H2,1-3H3;1-3H,4H2/b6-5+;. The maximum atomic E-state index is 12.1. The number of aromatic nitrogens is 2. The highest BCUT2D eigenvalue weighted by atomic mass is 35.5. The zero-order valence-electron chi connectivity index (χ0n) is 17.6. The fourth-order valence-electron chi connectivity index (χ4n) is 3.20. The summed E-state index contributed by atoms with van der Waals surface area (Å²) in [5.41, 5.74) is 2.02. The van der Waals surface area contributed by atoms with E-state index in [0.29, 0.717) is 25.3 Å². The van der Waals surface area contributed by atoms with E-state index in [0.717, 1.165) is 29.7 Å². The molecular formula is C22H27ClN4O2S. The maximum Gasteiger partial charge on any atom is 0.246 e. The fraction of sp³-hybridized carbons (Fsp3) is 0.409. The van der Waals surface area contributed by atoms with Gasteiger partial charge in [0.2, 0.25) is 5.91 Å². The minimum absolute atomic E-state index is 0.00173. The number of imidazole rings is 1. The number of halogens is 1. The summed E-state index contributed by atoms with van der Waals surface area (Å²) in [6, 6.07) is 6.06. The molecule has 2 aliphatic rings. The summed E-state index contributed by atoms with van der Waals surface area (Å²) in [6.45, 7) is 7.02. The lowest BCUT2D eigenvalue weighted by molar-refractivity contribution is -0.127. The van der Waals surface area contributed by atoms with E-state index in [-0.39, 0.29) is 11.7 Å². The third kappa shape index (κ3) is 5.33. The molecule has 0 N–H and O–H groups in total. The molecule has 1 aromatic carbocycles. The highest BCUT2D eigenvalue weighted by Crippen LogP contribution is 2.42. The summed E-state index contributed by atoms with van der Waals surface area (Å²) in [7, 11) is 2.01. The number of fused-ring (bicyclic) bond motifs is 2. The third-order valence-electron chi connectivity index (χ3n) is 5.17. The van der Waals surface area contributed by atoms with Crippen LogP contribution in [0.1, 0.15) is 35.7 Å². The minimum Gasteiger partial charge on any atom is -0.330 e. The van der Waals surface area contributed by atoms with Crippen LogP contribution in [-0.2, 0) is 23.6 Å². The molecule has 0 spiro atoms. The zero-order chi connectivity index (χ0) is 21.7. The van der Waals surface area contributed by atoms with Crippen LogP contribution in [0, 0.1) is 0 Å². The van der Waals surface area contributed by atoms with Crippen LogP contribution in [0.3, 0.4) is 0 Å². The number of carbonyl (C=O) groups is 2. The molecule has 0 atom stereocenters. The number of ketones is 1. The van der Waals surface area contributed by atoms with Gasteiger partial charge < -0.3 is 14.4 Å². The monoisotopic (exact) mass is 446 g/mol. The Kier molecular flexibility index (Phi) is 7.75. The number of benzene rings is 1. The molecule has 2 aliphatic heterocycles. The van der Waals surface area contributed by atoms with Crippen LogP contribution >= 0.6 is 23.4 Å². The van der Waals surface area contributed by atoms with Gasteiger partial charge in [-0.3, -0.25) is 9.59 Å². The Hall–Kier alpha value is -2.09. The van der Waals surface area contributed by atoms with E-state index < -0.39 is 0 Å². The van der Waals surface area contributed by atoms with Crippen LogP contribution in [0.15, 0.2) is 41.4 Å². The molecule has 0 aliphatic carbocycles. The van der Waals surface area contributed by atoms with Crippen molar-refractivity contribution in [2.75, 3.05) is 26.7 Å². The first-order chi connectivity index (χ1) is 14.4. The van der Waals surface area contributed by atoms with Crippen LogP contribution < -0.4 is 0 Å². The Bertz CT molecular complexity index is 942. The zero-order valence-corrected chi connectivity index (χ0v) is 19.2. The van der Waals surface area contributed by atoms with Crippen molar-refractivity contribution in [1.82, 2.24) is 19.4 Å². The second-order valence-electron chi connectivity index (χ2n) is 7.30. The van der Waals surface area contributed by atoms with Gasteiger partial charge in [0.05, 0.1) is 17.8 Å². The van der Waals surface area contributed by atoms with Gasteiger partial charge in [-0.15, -0.1) is 11.8 Å². The Balaban J connectivity index is 0.000000234. The van der Waals surface area contributed by atoms with Gasteiger partial charge in [0.25, 0.3) is 0 Å². The first-order valence-electron chi connectivity index (χ1n) is 10.00. The largest absolute Gasteiger partial charge is 0.330 e. The number of carbonyl (C=O) groups excluding carboxylic acids is 2. The van der Waals surface area contributed by atoms with Gasteiger partial charge in [0.15, 0.2) is 5.78 Å². The Morgan fingerprint density at radius 1 is 1.33 bits per heavy atom. The van der Waals surface area contributed by atoms with Crippen molar-refractivity contribution in [2.45, 2.75) is 37.6 Å². The molecule has 0 bridgehead atoms. The minimum atomic E-state index is -0.00173. The molecule has 2 aromatic rings. The average molecular weight is 447 g/mol. The number of hydrogen-bond acceptors (Lipinski definition) is 5. The highest BCUT2D eigenvalue weighted by molar-refractivity contribution is 8.00. The van der Waals surface area contributed by atoms with Crippen molar-refractivity contribution in [3.63, 3.8) is 0 Å². The summed E-state index contributed by atoms with van der Waals surface area (Å²) < 4.78 is 1.90. The van der Waals surface area contributed by atoms with Gasteiger partial charge in [0, 0.05) is 43.3 Å². The van der Waals surface area contributed by atoms with Crippen LogP contribution in [0.5, 0.6) is 0 Å². The molecule has 1 amide bonds. The second kappa shape index (κ2) is 10.3. The summed E-state index contributed by atoms with van der Waals surface area (Å²) in [4.78, 5) is 33.0. The maximum absolute atomic E-state index is 12.1. The van der Waals surface area contributed by atoms with Gasteiger partial charge in [0.1, 0.15) is 11.5 Å². The summed E-state index contributed by atoms with van der Waals surface area (Å²) in [5, 5.41) is 0.906. The molecule has 0 saturated heterocycles. The quantitative estimate of drug-likeness (QED) is 0.515. The van der Waals surface area contributed by atoms with Gasteiger partial charge in [-0.25, -0.2) is 4.98 Å². The number of thioether (sulfide) groups is 1. The summed E-state index contributed by atoms with van der Waals surface area (Å²) >= 11 is 7.67. The molecule has 160 valence electrons. The predicted octanol–water partition coefficient (Wildman–Crippen LogP) is 3.88. The molecule has 0 saturated carbocycles. The van der Waals surface area contributed by atoms with Crippen molar-refractivity contribution >= 4 is 35.1 Å². The molecule has 4 rings (SSSR count). The van der Waals surface area contributed by atoms with Gasteiger partial charge >= 0.3 is 0 Å². The van der Waals surface area contributed by atoms with Crippen LogP contribution in [0.4, 0.5) is 0 Å². The Morgan fingerprint density at radius 2 is 2.13 bits per heavy atom. The highest BCUT2D eigenvalue weighted by Gasteiger charge is 2.23. The first kappa shape index (κ1) is 22.6. The van der Waals surface area contributed by atoms with E-state index >= 15 is 0 Å². The predicted molar refractivity (Wildman–Crippen MR) is 121 cm³/mol. The van der Waals surface area contributed by atoms with Gasteiger partial charge in [-0.1, -0.05) is 36.7 Å². The number of Topliss-reactive ketones (excluding diaryl/α,β-unsaturated/α-hetero) is 1. The summed E-state index contributed by atoms with van der Waals surface area (Å²) in [6.07, 6.45) is 5.10. The lowest BCUT2D eigenvalue weighted by Crippen LogP contribution is -2.38. The SMILES string of the molecule is CCN(C)C/C=C/C(=O)N1CCn2c(C(C)=O)cnc2C1.Clc1cccc2c1SC2. The first-order valence-corrected chi connectivity index (χ1v) is 11.4. The molecule has 3 heterocycles. The van der Waals surface area contributed by atoms with Crippen LogP contribution in [-0.4, -0.2) is 57.7 Å². The molecule has 0 fully saturated rings. The van der Waals surface area contributed by atoms with E-state index in [1.807, 2.05) is 41.6 Å². The van der Waals surface area contributed by atoms with Crippen molar-refractivity contribution in [3.8, 4) is 0 Å². The van der Waals surface area contributed by atoms with Gasteiger partial charge in [-0.2, -0.15) is 0 Å². The lowest BCUT2D eigenvalue weighted by Gasteiger charge is -2.27. The number of nitrogens with zero attached hydrogens (tertiary/aromatic N) is 4. The molecule has 0 radical (unpaired) electrons. The van der Waals surface area contributed by atoms with Crippen LogP contribution in [0.2, 0.25) is 5.02 Å². The van der Waals surface area contributed by atoms with E-state index in [1.54, 1.807) is 17.2 Å². The van der Waals surface area contributed by atoms with E-state index in [2.05, 4.69) is 22.9 Å². The molecule has 1 aromatic heterocycles. The molecule has 6 nitrogen and oxygen atoms in total. The van der Waals surface area contributed by atoms with Crippen molar-refractivity contribution in [1.29, 1.82) is 0 Å².